The molecule has 0 aliphatic rings. The number of ether oxygens (including phenoxy) is 1. The fourth-order valence-electron chi connectivity index (χ4n) is 3.84. The summed E-state index contributed by atoms with van der Waals surface area (Å²) in [5.74, 6) is -1.93. The molecule has 5 rings (SSSR count). The lowest BCUT2D eigenvalue weighted by atomic mass is 10.1. The summed E-state index contributed by atoms with van der Waals surface area (Å²) in [4.78, 5) is 33.9. The van der Waals surface area contributed by atoms with Crippen LogP contribution in [0.5, 0.6) is 5.75 Å². The molecule has 3 aromatic carbocycles. The Morgan fingerprint density at radius 3 is 1.92 bits per heavy atom. The van der Waals surface area contributed by atoms with Gasteiger partial charge in [-0.05, 0) is 60.7 Å². The van der Waals surface area contributed by atoms with Gasteiger partial charge in [0.05, 0.1) is 16.1 Å². The lowest BCUT2D eigenvalue weighted by Gasteiger charge is -2.24. The minimum absolute atomic E-state index is 0.0236. The average Bonchev–Trinajstić information content (AvgIpc) is 2.95. The summed E-state index contributed by atoms with van der Waals surface area (Å²) in [5.41, 5.74) is 0.375. The Hall–Kier alpha value is -4.96. The first kappa shape index (κ1) is 24.7. The van der Waals surface area contributed by atoms with E-state index in [0.717, 1.165) is 24.3 Å². The van der Waals surface area contributed by atoms with Gasteiger partial charge in [0.2, 0.25) is 0 Å². The number of nitrogens with zero attached hydrogens (tertiary/aromatic N) is 3. The van der Waals surface area contributed by atoms with Gasteiger partial charge in [-0.15, -0.1) is 0 Å². The SMILES string of the molecule is O=C(Oc1ccc(N(C(=O)c2ccncc2)S(=O)(=O)c2ccc(F)cc2)c2ccccc12)c1ccncc1. The highest BCUT2D eigenvalue weighted by molar-refractivity contribution is 7.93. The molecule has 38 heavy (non-hydrogen) atoms. The van der Waals surface area contributed by atoms with Crippen LogP contribution in [0.1, 0.15) is 20.7 Å². The lowest BCUT2D eigenvalue weighted by Crippen LogP contribution is -2.37. The van der Waals surface area contributed by atoms with Gasteiger partial charge in [-0.2, -0.15) is 4.31 Å². The fraction of sp³-hybridized carbons (Fsp3) is 0. The third kappa shape index (κ3) is 4.72. The molecule has 0 radical (unpaired) electrons. The van der Waals surface area contributed by atoms with E-state index >= 15 is 0 Å². The highest BCUT2D eigenvalue weighted by atomic mass is 32.2. The molecule has 0 saturated heterocycles. The number of benzene rings is 3. The Kier molecular flexibility index (Phi) is 6.63. The zero-order valence-corrected chi connectivity index (χ0v) is 20.4. The number of aromatic nitrogens is 2. The molecule has 0 aliphatic heterocycles. The largest absolute Gasteiger partial charge is 0.422 e. The van der Waals surface area contributed by atoms with Gasteiger partial charge in [-0.3, -0.25) is 14.8 Å². The van der Waals surface area contributed by atoms with Crippen LogP contribution in [0.25, 0.3) is 10.8 Å². The number of carbonyl (C=O) groups excluding carboxylic acids is 2. The van der Waals surface area contributed by atoms with Crippen molar-refractivity contribution in [3.05, 3.63) is 127 Å². The Morgan fingerprint density at radius 2 is 1.29 bits per heavy atom. The number of hydrogen-bond donors (Lipinski definition) is 0. The first-order chi connectivity index (χ1) is 18.4. The van der Waals surface area contributed by atoms with Crippen molar-refractivity contribution in [1.82, 2.24) is 9.97 Å². The van der Waals surface area contributed by atoms with E-state index in [9.17, 15) is 22.4 Å². The average molecular weight is 528 g/mol. The molecule has 2 heterocycles. The van der Waals surface area contributed by atoms with Crippen molar-refractivity contribution in [2.24, 2.45) is 0 Å². The summed E-state index contributed by atoms with van der Waals surface area (Å²) in [6.45, 7) is 0. The molecule has 0 aliphatic carbocycles. The lowest BCUT2D eigenvalue weighted by molar-refractivity contribution is 0.0736. The van der Waals surface area contributed by atoms with E-state index < -0.39 is 27.7 Å². The number of pyridine rings is 2. The highest BCUT2D eigenvalue weighted by Gasteiger charge is 2.33. The molecular weight excluding hydrogens is 509 g/mol. The van der Waals surface area contributed by atoms with Crippen molar-refractivity contribution >= 4 is 38.4 Å². The number of halogens is 1. The van der Waals surface area contributed by atoms with E-state index in [1.807, 2.05) is 0 Å². The quantitative estimate of drug-likeness (QED) is 0.225. The van der Waals surface area contributed by atoms with Crippen molar-refractivity contribution in [2.75, 3.05) is 4.31 Å². The summed E-state index contributed by atoms with van der Waals surface area (Å²) in [6.07, 6.45) is 5.66. The molecule has 2 aromatic heterocycles. The number of amides is 1. The molecule has 0 spiro atoms. The van der Waals surface area contributed by atoms with Crippen LogP contribution in [0.3, 0.4) is 0 Å². The van der Waals surface area contributed by atoms with Crippen molar-refractivity contribution in [3.8, 4) is 5.75 Å². The Labute approximate surface area is 217 Å². The zero-order chi connectivity index (χ0) is 26.7. The number of fused-ring (bicyclic) bond motifs is 1. The monoisotopic (exact) mass is 527 g/mol. The predicted octanol–water partition coefficient (Wildman–Crippen LogP) is 5.02. The van der Waals surface area contributed by atoms with Crippen molar-refractivity contribution in [3.63, 3.8) is 0 Å². The molecule has 10 heteroatoms. The van der Waals surface area contributed by atoms with Gasteiger partial charge in [0, 0.05) is 41.1 Å². The van der Waals surface area contributed by atoms with Crippen molar-refractivity contribution in [2.45, 2.75) is 4.90 Å². The molecule has 0 atom stereocenters. The number of anilines is 1. The van der Waals surface area contributed by atoms with Gasteiger partial charge in [0.1, 0.15) is 11.6 Å². The highest BCUT2D eigenvalue weighted by Crippen LogP contribution is 2.37. The number of esters is 1. The van der Waals surface area contributed by atoms with E-state index in [1.54, 1.807) is 24.3 Å². The van der Waals surface area contributed by atoms with Gasteiger partial charge in [0.15, 0.2) is 0 Å². The maximum Gasteiger partial charge on any atom is 0.343 e. The first-order valence-electron chi connectivity index (χ1n) is 11.3. The third-order valence-electron chi connectivity index (χ3n) is 5.66. The fourth-order valence-corrected chi connectivity index (χ4v) is 5.27. The van der Waals surface area contributed by atoms with Crippen molar-refractivity contribution in [1.29, 1.82) is 0 Å². The van der Waals surface area contributed by atoms with Crippen LogP contribution >= 0.6 is 0 Å². The van der Waals surface area contributed by atoms with Crippen molar-refractivity contribution < 1.29 is 27.1 Å². The molecule has 0 unspecified atom stereocenters. The second-order valence-electron chi connectivity index (χ2n) is 8.02. The molecule has 188 valence electrons. The number of sulfonamides is 1. The van der Waals surface area contributed by atoms with Gasteiger partial charge in [0.25, 0.3) is 15.9 Å². The molecule has 0 fully saturated rings. The molecule has 0 bridgehead atoms. The van der Waals surface area contributed by atoms with E-state index in [1.165, 1.54) is 61.2 Å². The zero-order valence-electron chi connectivity index (χ0n) is 19.6. The third-order valence-corrected chi connectivity index (χ3v) is 7.37. The second-order valence-corrected chi connectivity index (χ2v) is 9.80. The van der Waals surface area contributed by atoms with Crippen LogP contribution in [-0.4, -0.2) is 30.3 Å². The van der Waals surface area contributed by atoms with Gasteiger partial charge >= 0.3 is 5.97 Å². The van der Waals surface area contributed by atoms with Gasteiger partial charge in [-0.25, -0.2) is 17.6 Å². The predicted molar refractivity (Wildman–Crippen MR) is 138 cm³/mol. The van der Waals surface area contributed by atoms with E-state index in [4.69, 9.17) is 4.74 Å². The van der Waals surface area contributed by atoms with E-state index in [0.29, 0.717) is 15.1 Å². The van der Waals surface area contributed by atoms with Crippen LogP contribution in [0, 0.1) is 5.82 Å². The van der Waals surface area contributed by atoms with Crippen LogP contribution in [0.2, 0.25) is 0 Å². The van der Waals surface area contributed by atoms with Crippen LogP contribution in [-0.2, 0) is 10.0 Å². The number of hydrogen-bond acceptors (Lipinski definition) is 7. The van der Waals surface area contributed by atoms with E-state index in [-0.39, 0.29) is 27.5 Å². The Bertz CT molecular complexity index is 1750. The number of carbonyl (C=O) groups is 2. The minimum Gasteiger partial charge on any atom is -0.422 e. The summed E-state index contributed by atoms with van der Waals surface area (Å²) in [7, 11) is -4.51. The summed E-state index contributed by atoms with van der Waals surface area (Å²) in [5, 5.41) is 0.731. The topological polar surface area (TPSA) is 107 Å². The summed E-state index contributed by atoms with van der Waals surface area (Å²) >= 11 is 0. The summed E-state index contributed by atoms with van der Waals surface area (Å²) < 4.78 is 47.5. The Morgan fingerprint density at radius 1 is 0.711 bits per heavy atom. The maximum absolute atomic E-state index is 13.8. The van der Waals surface area contributed by atoms with Crippen LogP contribution < -0.4 is 9.04 Å². The normalized spacial score (nSPS) is 11.2. The molecule has 1 amide bonds. The van der Waals surface area contributed by atoms with Crippen LogP contribution in [0.4, 0.5) is 10.1 Å². The van der Waals surface area contributed by atoms with Gasteiger partial charge in [-0.1, -0.05) is 24.3 Å². The van der Waals surface area contributed by atoms with E-state index in [2.05, 4.69) is 9.97 Å². The number of rotatable bonds is 6. The molecular formula is C28H18FN3O5S. The molecule has 0 N–H and O–H groups in total. The van der Waals surface area contributed by atoms with Crippen LogP contribution in [0.15, 0.2) is 115 Å². The second kappa shape index (κ2) is 10.2. The Balaban J connectivity index is 1.67. The summed E-state index contributed by atoms with van der Waals surface area (Å²) in [6, 6.07) is 19.4. The standard InChI is InChI=1S/C28H18FN3O5S/c29-21-5-7-22(8-6-21)38(35,36)32(27(33)19-11-15-30-16-12-19)25-9-10-26(24-4-2-1-3-23(24)25)37-28(34)20-13-17-31-18-14-20/h1-18H. The molecule has 8 nitrogen and oxygen atoms in total. The molecule has 0 saturated carbocycles. The first-order valence-corrected chi connectivity index (χ1v) is 12.7. The maximum atomic E-state index is 13.8. The molecule has 5 aromatic rings. The smallest absolute Gasteiger partial charge is 0.343 e. The van der Waals surface area contributed by atoms with Gasteiger partial charge < -0.3 is 4.74 Å². The minimum atomic E-state index is -4.51.